The van der Waals surface area contributed by atoms with Crippen LogP contribution in [0.5, 0.6) is 5.75 Å². The van der Waals surface area contributed by atoms with Gasteiger partial charge in [-0.1, -0.05) is 12.1 Å². The van der Waals surface area contributed by atoms with Gasteiger partial charge in [-0.05, 0) is 46.3 Å². The molecule has 120 valence electrons. The number of ether oxygens (including phenoxy) is 1. The Bertz CT molecular complexity index is 840. The average molecular weight is 384 g/mol. The van der Waals surface area contributed by atoms with Crippen molar-refractivity contribution in [1.29, 1.82) is 0 Å². The highest BCUT2D eigenvalue weighted by atomic mass is 79.9. The molecule has 0 unspecified atom stereocenters. The Labute approximate surface area is 147 Å². The number of benzene rings is 1. The van der Waals surface area contributed by atoms with Gasteiger partial charge in [-0.3, -0.25) is 14.8 Å². The third-order valence-corrected chi connectivity index (χ3v) is 3.61. The molecule has 0 aliphatic carbocycles. The molecule has 0 aliphatic heterocycles. The van der Waals surface area contributed by atoms with E-state index in [1.807, 2.05) is 30.3 Å². The Kier molecular flexibility index (Phi) is 5.18. The van der Waals surface area contributed by atoms with Crippen LogP contribution in [-0.2, 0) is 6.61 Å². The fraction of sp³-hybridized carbons (Fsp3) is 0.0556. The highest BCUT2D eigenvalue weighted by molar-refractivity contribution is 9.10. The number of carbonyl (C=O) groups is 1. The molecule has 1 N–H and O–H groups in total. The maximum atomic E-state index is 12.2. The van der Waals surface area contributed by atoms with Gasteiger partial charge in [-0.2, -0.15) is 0 Å². The summed E-state index contributed by atoms with van der Waals surface area (Å²) in [6.45, 7) is 0.369. The number of carbonyl (C=O) groups excluding carboxylic acids is 1. The van der Waals surface area contributed by atoms with Crippen molar-refractivity contribution in [3.05, 3.63) is 82.9 Å². The lowest BCUT2D eigenvalue weighted by Gasteiger charge is -2.09. The van der Waals surface area contributed by atoms with Gasteiger partial charge in [0.25, 0.3) is 5.91 Å². The third kappa shape index (κ3) is 4.39. The van der Waals surface area contributed by atoms with E-state index in [4.69, 9.17) is 4.74 Å². The average Bonchev–Trinajstić information content (AvgIpc) is 2.61. The van der Waals surface area contributed by atoms with E-state index in [1.54, 1.807) is 30.6 Å². The molecule has 0 saturated carbocycles. The maximum absolute atomic E-state index is 12.2. The van der Waals surface area contributed by atoms with E-state index >= 15 is 0 Å². The summed E-state index contributed by atoms with van der Waals surface area (Å²) < 4.78 is 6.46. The Morgan fingerprint density at radius 1 is 1.12 bits per heavy atom. The van der Waals surface area contributed by atoms with Crippen LogP contribution in [-0.4, -0.2) is 15.9 Å². The summed E-state index contributed by atoms with van der Waals surface area (Å²) >= 11 is 3.30. The van der Waals surface area contributed by atoms with Crippen LogP contribution in [0, 0.1) is 0 Å². The first-order chi connectivity index (χ1) is 11.7. The summed E-state index contributed by atoms with van der Waals surface area (Å²) in [5.41, 5.74) is 1.97. The van der Waals surface area contributed by atoms with Gasteiger partial charge in [0.05, 0.1) is 11.3 Å². The van der Waals surface area contributed by atoms with Gasteiger partial charge < -0.3 is 10.1 Å². The first-order valence-electron chi connectivity index (χ1n) is 7.25. The maximum Gasteiger partial charge on any atom is 0.257 e. The number of pyridine rings is 2. The predicted molar refractivity (Wildman–Crippen MR) is 94.9 cm³/mol. The number of halogens is 1. The molecule has 1 aromatic carbocycles. The number of nitrogens with one attached hydrogen (secondary N) is 1. The standard InChI is InChI=1S/C18H14BrN3O2/c19-14-8-13(10-20-11-14)18(23)22-15-5-3-6-17(9-15)24-12-16-4-1-2-7-21-16/h1-11H,12H2,(H,22,23). The second-order valence-electron chi connectivity index (χ2n) is 4.98. The van der Waals surface area contributed by atoms with Gasteiger partial charge in [0.1, 0.15) is 12.4 Å². The van der Waals surface area contributed by atoms with Crippen LogP contribution in [0.4, 0.5) is 5.69 Å². The number of nitrogens with zero attached hydrogens (tertiary/aromatic N) is 2. The number of aromatic nitrogens is 2. The topological polar surface area (TPSA) is 64.1 Å². The van der Waals surface area contributed by atoms with E-state index in [1.165, 1.54) is 6.20 Å². The molecule has 0 atom stereocenters. The van der Waals surface area contributed by atoms with E-state index in [9.17, 15) is 4.79 Å². The molecule has 5 nitrogen and oxygen atoms in total. The minimum Gasteiger partial charge on any atom is -0.487 e. The molecule has 0 radical (unpaired) electrons. The highest BCUT2D eigenvalue weighted by Crippen LogP contribution is 2.19. The molecular formula is C18H14BrN3O2. The van der Waals surface area contributed by atoms with Gasteiger partial charge in [-0.25, -0.2) is 0 Å². The largest absolute Gasteiger partial charge is 0.487 e. The highest BCUT2D eigenvalue weighted by Gasteiger charge is 2.08. The number of hydrogen-bond donors (Lipinski definition) is 1. The summed E-state index contributed by atoms with van der Waals surface area (Å²) in [7, 11) is 0. The summed E-state index contributed by atoms with van der Waals surface area (Å²) in [6, 6.07) is 14.6. The van der Waals surface area contributed by atoms with Crippen LogP contribution >= 0.6 is 15.9 Å². The summed E-state index contributed by atoms with van der Waals surface area (Å²) in [5, 5.41) is 2.83. The fourth-order valence-corrected chi connectivity index (χ4v) is 2.41. The molecule has 0 fully saturated rings. The molecule has 0 saturated heterocycles. The van der Waals surface area contributed by atoms with Crippen molar-refractivity contribution in [2.45, 2.75) is 6.61 Å². The van der Waals surface area contributed by atoms with E-state index < -0.39 is 0 Å². The molecule has 0 aliphatic rings. The Morgan fingerprint density at radius 3 is 2.83 bits per heavy atom. The minimum atomic E-state index is -0.231. The van der Waals surface area contributed by atoms with Crippen molar-refractivity contribution in [2.75, 3.05) is 5.32 Å². The van der Waals surface area contributed by atoms with Crippen molar-refractivity contribution in [1.82, 2.24) is 9.97 Å². The van der Waals surface area contributed by atoms with Crippen LogP contribution in [0.15, 0.2) is 71.6 Å². The van der Waals surface area contributed by atoms with E-state index in [0.29, 0.717) is 23.6 Å². The van der Waals surface area contributed by atoms with Crippen LogP contribution in [0.25, 0.3) is 0 Å². The Hall–Kier alpha value is -2.73. The van der Waals surface area contributed by atoms with Gasteiger partial charge in [0.2, 0.25) is 0 Å². The van der Waals surface area contributed by atoms with Crippen LogP contribution < -0.4 is 10.1 Å². The van der Waals surface area contributed by atoms with Gasteiger partial charge in [0.15, 0.2) is 0 Å². The van der Waals surface area contributed by atoms with Crippen molar-refractivity contribution < 1.29 is 9.53 Å². The van der Waals surface area contributed by atoms with Crippen molar-refractivity contribution in [3.63, 3.8) is 0 Å². The first-order valence-corrected chi connectivity index (χ1v) is 8.05. The SMILES string of the molecule is O=C(Nc1cccc(OCc2ccccn2)c1)c1cncc(Br)c1. The smallest absolute Gasteiger partial charge is 0.257 e. The number of anilines is 1. The number of hydrogen-bond acceptors (Lipinski definition) is 4. The summed E-state index contributed by atoms with van der Waals surface area (Å²) in [5.74, 6) is 0.427. The van der Waals surface area contributed by atoms with E-state index in [0.717, 1.165) is 10.2 Å². The second kappa shape index (κ2) is 7.70. The first kappa shape index (κ1) is 16.1. The van der Waals surface area contributed by atoms with E-state index in [-0.39, 0.29) is 5.91 Å². The molecule has 2 heterocycles. The number of amides is 1. The van der Waals surface area contributed by atoms with Crippen molar-refractivity contribution in [2.24, 2.45) is 0 Å². The molecule has 2 aromatic heterocycles. The third-order valence-electron chi connectivity index (χ3n) is 3.17. The van der Waals surface area contributed by atoms with Crippen LogP contribution in [0.3, 0.4) is 0 Å². The van der Waals surface area contributed by atoms with Crippen LogP contribution in [0.1, 0.15) is 16.1 Å². The molecule has 3 rings (SSSR count). The molecular weight excluding hydrogens is 370 g/mol. The lowest BCUT2D eigenvalue weighted by Crippen LogP contribution is -2.12. The number of rotatable bonds is 5. The quantitative estimate of drug-likeness (QED) is 0.720. The molecule has 6 heteroatoms. The van der Waals surface area contributed by atoms with E-state index in [2.05, 4.69) is 31.2 Å². The lowest BCUT2D eigenvalue weighted by molar-refractivity contribution is 0.102. The molecule has 0 bridgehead atoms. The second-order valence-corrected chi connectivity index (χ2v) is 5.90. The molecule has 0 spiro atoms. The van der Waals surface area contributed by atoms with Crippen molar-refractivity contribution in [3.8, 4) is 5.75 Å². The predicted octanol–water partition coefficient (Wildman–Crippen LogP) is 4.07. The minimum absolute atomic E-state index is 0.231. The zero-order valence-corrected chi connectivity index (χ0v) is 14.2. The summed E-state index contributed by atoms with van der Waals surface area (Å²) in [4.78, 5) is 20.4. The van der Waals surface area contributed by atoms with Gasteiger partial charge in [0, 0.05) is 34.8 Å². The van der Waals surface area contributed by atoms with Crippen molar-refractivity contribution >= 4 is 27.5 Å². The Balaban J connectivity index is 1.65. The molecule has 1 amide bonds. The van der Waals surface area contributed by atoms with Gasteiger partial charge >= 0.3 is 0 Å². The van der Waals surface area contributed by atoms with Gasteiger partial charge in [-0.15, -0.1) is 0 Å². The Morgan fingerprint density at radius 2 is 2.04 bits per heavy atom. The monoisotopic (exact) mass is 383 g/mol. The fourth-order valence-electron chi connectivity index (χ4n) is 2.04. The normalized spacial score (nSPS) is 10.2. The zero-order valence-electron chi connectivity index (χ0n) is 12.6. The molecule has 3 aromatic rings. The van der Waals surface area contributed by atoms with Crippen LogP contribution in [0.2, 0.25) is 0 Å². The summed E-state index contributed by atoms with van der Waals surface area (Å²) in [6.07, 6.45) is 4.87. The zero-order chi connectivity index (χ0) is 16.8. The lowest BCUT2D eigenvalue weighted by atomic mass is 10.2. The molecule has 24 heavy (non-hydrogen) atoms.